The Bertz CT molecular complexity index is 820. The van der Waals surface area contributed by atoms with Gasteiger partial charge in [0.15, 0.2) is 0 Å². The molecule has 0 bridgehead atoms. The van der Waals surface area contributed by atoms with Crippen LogP contribution in [0.3, 0.4) is 0 Å². The normalized spacial score (nSPS) is 23.1. The minimum Gasteiger partial charge on any atom is -0.334 e. The van der Waals surface area contributed by atoms with E-state index in [-0.39, 0.29) is 5.91 Å². The molecule has 2 aliphatic heterocycles. The molecule has 2 saturated heterocycles. The summed E-state index contributed by atoms with van der Waals surface area (Å²) in [5.41, 5.74) is 1.88. The highest BCUT2D eigenvalue weighted by atomic mass is 32.2. The van der Waals surface area contributed by atoms with E-state index in [1.165, 1.54) is 12.0 Å². The molecule has 2 aliphatic rings. The maximum atomic E-state index is 13.0. The van der Waals surface area contributed by atoms with Gasteiger partial charge in [-0.3, -0.25) is 9.69 Å². The number of likely N-dealkylation sites (tertiary alicyclic amines) is 2. The van der Waals surface area contributed by atoms with Crippen LogP contribution in [-0.2, 0) is 0 Å². The van der Waals surface area contributed by atoms with Gasteiger partial charge >= 0.3 is 0 Å². The van der Waals surface area contributed by atoms with E-state index in [0.717, 1.165) is 43.4 Å². The third kappa shape index (κ3) is 4.50. The molecule has 3 heterocycles. The molecule has 0 radical (unpaired) electrons. The molecule has 2 atom stereocenters. The molecule has 4 nitrogen and oxygen atoms in total. The summed E-state index contributed by atoms with van der Waals surface area (Å²) in [4.78, 5) is 22.2. The Labute approximate surface area is 175 Å². The average Bonchev–Trinajstić information content (AvgIpc) is 3.23. The zero-order chi connectivity index (χ0) is 19.3. The van der Waals surface area contributed by atoms with Crippen LogP contribution in [0.15, 0.2) is 46.1 Å². The Balaban J connectivity index is 1.36. The van der Waals surface area contributed by atoms with Crippen molar-refractivity contribution in [3.63, 3.8) is 0 Å². The van der Waals surface area contributed by atoms with E-state index in [4.69, 9.17) is 0 Å². The lowest BCUT2D eigenvalue weighted by Crippen LogP contribution is -2.55. The van der Waals surface area contributed by atoms with Crippen LogP contribution < -0.4 is 0 Å². The van der Waals surface area contributed by atoms with Gasteiger partial charge < -0.3 is 4.90 Å². The quantitative estimate of drug-likeness (QED) is 0.676. The zero-order valence-electron chi connectivity index (χ0n) is 16.3. The predicted molar refractivity (Wildman–Crippen MR) is 118 cm³/mol. The van der Waals surface area contributed by atoms with Crippen molar-refractivity contribution >= 4 is 35.1 Å². The monoisotopic (exact) mass is 413 g/mol. The third-order valence-corrected chi connectivity index (χ3v) is 7.63. The molecule has 2 aromatic rings. The van der Waals surface area contributed by atoms with Gasteiger partial charge in [0.25, 0.3) is 5.91 Å². The summed E-state index contributed by atoms with van der Waals surface area (Å²) in [6.07, 6.45) is 9.86. The summed E-state index contributed by atoms with van der Waals surface area (Å²) in [6.45, 7) is 3.99. The number of amides is 1. The summed E-state index contributed by atoms with van der Waals surface area (Å²) in [5, 5.41) is 1.92. The highest BCUT2D eigenvalue weighted by Gasteiger charge is 2.38. The van der Waals surface area contributed by atoms with E-state index >= 15 is 0 Å². The molecule has 6 heteroatoms. The van der Waals surface area contributed by atoms with Crippen molar-refractivity contribution in [2.45, 2.75) is 29.6 Å². The highest BCUT2D eigenvalue weighted by Crippen LogP contribution is 2.32. The minimum absolute atomic E-state index is 0.128. The van der Waals surface area contributed by atoms with Crippen LogP contribution in [0.4, 0.5) is 0 Å². The fourth-order valence-electron chi connectivity index (χ4n) is 4.40. The smallest absolute Gasteiger partial charge is 0.273 e. The second-order valence-electron chi connectivity index (χ2n) is 7.53. The predicted octanol–water partition coefficient (Wildman–Crippen LogP) is 4.50. The van der Waals surface area contributed by atoms with Crippen molar-refractivity contribution < 1.29 is 4.79 Å². The molecular formula is C22H27N3OS2. The SMILES string of the molecule is CSc1nc(C(=O)N2CCC[C@@H]3CN(C/C=C/c4ccccc4)CC[C@H]32)cs1. The van der Waals surface area contributed by atoms with Gasteiger partial charge in [0.05, 0.1) is 0 Å². The Kier molecular flexibility index (Phi) is 6.50. The Morgan fingerprint density at radius 3 is 2.93 bits per heavy atom. The lowest BCUT2D eigenvalue weighted by Gasteiger charge is -2.47. The van der Waals surface area contributed by atoms with E-state index < -0.39 is 0 Å². The first-order valence-electron chi connectivity index (χ1n) is 9.99. The lowest BCUT2D eigenvalue weighted by atomic mass is 9.83. The topological polar surface area (TPSA) is 36.4 Å². The minimum atomic E-state index is 0.128. The summed E-state index contributed by atoms with van der Waals surface area (Å²) >= 11 is 3.17. The van der Waals surface area contributed by atoms with Gasteiger partial charge in [-0.2, -0.15) is 0 Å². The average molecular weight is 414 g/mol. The van der Waals surface area contributed by atoms with Crippen molar-refractivity contribution in [2.24, 2.45) is 5.92 Å². The van der Waals surface area contributed by atoms with E-state index in [1.54, 1.807) is 23.1 Å². The summed E-state index contributed by atoms with van der Waals surface area (Å²) in [5.74, 6) is 0.707. The van der Waals surface area contributed by atoms with Gasteiger partial charge in [0.1, 0.15) is 10.0 Å². The van der Waals surface area contributed by atoms with Gasteiger partial charge in [-0.1, -0.05) is 54.2 Å². The molecule has 0 spiro atoms. The van der Waals surface area contributed by atoms with E-state index in [2.05, 4.69) is 51.2 Å². The summed E-state index contributed by atoms with van der Waals surface area (Å²) in [7, 11) is 0. The number of benzene rings is 1. The number of hydrogen-bond acceptors (Lipinski definition) is 5. The molecule has 0 saturated carbocycles. The summed E-state index contributed by atoms with van der Waals surface area (Å²) in [6, 6.07) is 10.8. The molecule has 0 aliphatic carbocycles. The van der Waals surface area contributed by atoms with Crippen molar-refractivity contribution in [2.75, 3.05) is 32.4 Å². The number of carbonyl (C=O) groups excluding carboxylic acids is 1. The van der Waals surface area contributed by atoms with Gasteiger partial charge in [0.2, 0.25) is 0 Å². The Morgan fingerprint density at radius 1 is 1.29 bits per heavy atom. The van der Waals surface area contributed by atoms with E-state index in [0.29, 0.717) is 17.7 Å². The molecule has 1 aromatic heterocycles. The molecule has 28 heavy (non-hydrogen) atoms. The maximum absolute atomic E-state index is 13.0. The molecule has 2 fully saturated rings. The van der Waals surface area contributed by atoms with Gasteiger partial charge in [-0.05, 0) is 37.0 Å². The van der Waals surface area contributed by atoms with Crippen molar-refractivity contribution in [1.29, 1.82) is 0 Å². The number of carbonyl (C=O) groups is 1. The fourth-order valence-corrected chi connectivity index (χ4v) is 5.63. The van der Waals surface area contributed by atoms with Crippen LogP contribution in [-0.4, -0.2) is 59.2 Å². The van der Waals surface area contributed by atoms with E-state index in [1.807, 2.05) is 17.7 Å². The third-order valence-electron chi connectivity index (χ3n) is 5.76. The molecule has 1 aromatic carbocycles. The molecule has 4 rings (SSSR count). The van der Waals surface area contributed by atoms with Crippen LogP contribution in [0.5, 0.6) is 0 Å². The number of piperidine rings is 2. The molecule has 1 amide bonds. The second kappa shape index (κ2) is 9.25. The van der Waals surface area contributed by atoms with Gasteiger partial charge in [-0.25, -0.2) is 4.98 Å². The molecule has 148 valence electrons. The van der Waals surface area contributed by atoms with Crippen LogP contribution in [0.25, 0.3) is 6.08 Å². The largest absolute Gasteiger partial charge is 0.334 e. The van der Waals surface area contributed by atoms with Crippen LogP contribution in [0.2, 0.25) is 0 Å². The van der Waals surface area contributed by atoms with Crippen LogP contribution in [0, 0.1) is 5.92 Å². The Hall–Kier alpha value is -1.63. The van der Waals surface area contributed by atoms with Crippen molar-refractivity contribution in [3.8, 4) is 0 Å². The number of nitrogens with zero attached hydrogens (tertiary/aromatic N) is 3. The maximum Gasteiger partial charge on any atom is 0.273 e. The lowest BCUT2D eigenvalue weighted by molar-refractivity contribution is 0.0222. The first-order valence-corrected chi connectivity index (χ1v) is 12.1. The number of fused-ring (bicyclic) bond motifs is 1. The molecular weight excluding hydrogens is 386 g/mol. The van der Waals surface area contributed by atoms with Crippen LogP contribution >= 0.6 is 23.1 Å². The number of thiazole rings is 1. The fraction of sp³-hybridized carbons (Fsp3) is 0.455. The first kappa shape index (κ1) is 19.7. The molecule has 0 unspecified atom stereocenters. The Morgan fingerprint density at radius 2 is 2.14 bits per heavy atom. The molecule has 0 N–H and O–H groups in total. The second-order valence-corrected chi connectivity index (χ2v) is 9.44. The first-order chi connectivity index (χ1) is 13.7. The van der Waals surface area contributed by atoms with Crippen molar-refractivity contribution in [3.05, 3.63) is 53.0 Å². The van der Waals surface area contributed by atoms with Gasteiger partial charge in [-0.15, -0.1) is 11.3 Å². The standard InChI is InChI=1S/C22H27N3OS2/c1-27-22-23-19(16-28-22)21(26)25-13-6-10-18-15-24(14-11-20(18)25)12-5-9-17-7-3-2-4-8-17/h2-5,7-9,16,18,20H,6,10-15H2,1H3/b9-5+/t18-,20-/m1/s1. The zero-order valence-corrected chi connectivity index (χ0v) is 17.9. The summed E-state index contributed by atoms with van der Waals surface area (Å²) < 4.78 is 0.969. The number of aromatic nitrogens is 1. The number of hydrogen-bond donors (Lipinski definition) is 0. The van der Waals surface area contributed by atoms with Gasteiger partial charge in [0, 0.05) is 37.6 Å². The van der Waals surface area contributed by atoms with Crippen LogP contribution in [0.1, 0.15) is 35.3 Å². The number of rotatable bonds is 5. The van der Waals surface area contributed by atoms with Crippen molar-refractivity contribution in [1.82, 2.24) is 14.8 Å². The number of thioether (sulfide) groups is 1. The highest BCUT2D eigenvalue weighted by molar-refractivity contribution is 8.00. The van der Waals surface area contributed by atoms with E-state index in [9.17, 15) is 4.79 Å².